The van der Waals surface area contributed by atoms with E-state index in [1.807, 2.05) is 0 Å². The number of oxime groups is 1. The summed E-state index contributed by atoms with van der Waals surface area (Å²) in [6.45, 7) is 0. The van der Waals surface area contributed by atoms with Crippen LogP contribution in [0.4, 0.5) is 26.3 Å². The first kappa shape index (κ1) is 32.4. The molecule has 0 radical (unpaired) electrons. The molecule has 1 fully saturated rings. The third-order valence-corrected chi connectivity index (χ3v) is 10.7. The number of alkyl halides is 6. The number of carbonyl (C=O) groups is 2. The van der Waals surface area contributed by atoms with Crippen molar-refractivity contribution in [2.75, 3.05) is 0 Å². The van der Waals surface area contributed by atoms with Gasteiger partial charge in [-0.3, -0.25) is 9.59 Å². The minimum atomic E-state index is -4.92. The molecule has 3 unspecified atom stereocenters. The summed E-state index contributed by atoms with van der Waals surface area (Å²) in [4.78, 5) is 32.1. The van der Waals surface area contributed by atoms with Crippen molar-refractivity contribution in [2.24, 2.45) is 11.1 Å². The lowest BCUT2D eigenvalue weighted by molar-refractivity contribution is -0.275. The van der Waals surface area contributed by atoms with E-state index in [9.17, 15) is 35.9 Å². The molecule has 1 aromatic heterocycles. The van der Waals surface area contributed by atoms with Crippen LogP contribution in [0.2, 0.25) is 15.1 Å². The number of rotatable bonds is 7. The lowest BCUT2D eigenvalue weighted by atomic mass is 9.85. The molecule has 0 saturated heterocycles. The number of carbonyl (C=O) groups excluding carboxylic acids is 2. The SMILES string of the molecule is O=C(NC1CCC(CCCC(F)(F)F)C1=O)c1sc(C2=NOC(c3cc(Cl)c(Cl)c(Cl)c3)(C(F)(F)F)C2)c2c1CCCC2. The molecule has 0 bridgehead atoms. The Kier molecular flexibility index (Phi) is 9.08. The molecular weight excluding hydrogens is 665 g/mol. The Morgan fingerprint density at radius 1 is 1.05 bits per heavy atom. The van der Waals surface area contributed by atoms with Crippen LogP contribution in [-0.2, 0) is 28.1 Å². The van der Waals surface area contributed by atoms with Gasteiger partial charge in [-0.15, -0.1) is 11.3 Å². The van der Waals surface area contributed by atoms with Crippen LogP contribution >= 0.6 is 46.1 Å². The molecule has 3 atom stereocenters. The fraction of sp³-hybridized carbons (Fsp3) is 0.536. The highest BCUT2D eigenvalue weighted by Gasteiger charge is 2.63. The molecule has 2 heterocycles. The molecule has 1 saturated carbocycles. The Hall–Kier alpha value is -2.02. The number of nitrogens with one attached hydrogen (secondary N) is 1. The maximum Gasteiger partial charge on any atom is 0.435 e. The lowest BCUT2D eigenvalue weighted by Gasteiger charge is -2.30. The number of nitrogens with zero attached hydrogens (tertiary/aromatic N) is 1. The van der Waals surface area contributed by atoms with Gasteiger partial charge >= 0.3 is 12.4 Å². The summed E-state index contributed by atoms with van der Waals surface area (Å²) in [5, 5.41) is 6.13. The number of hydrogen-bond acceptors (Lipinski definition) is 5. The van der Waals surface area contributed by atoms with Gasteiger partial charge in [0, 0.05) is 17.9 Å². The number of Topliss-reactive ketones (excluding diaryl/α,β-unsaturated/α-hetero) is 1. The third-order valence-electron chi connectivity index (χ3n) is 8.19. The highest BCUT2D eigenvalue weighted by molar-refractivity contribution is 7.16. The van der Waals surface area contributed by atoms with E-state index >= 15 is 0 Å². The summed E-state index contributed by atoms with van der Waals surface area (Å²) in [6, 6.07) is 1.25. The Morgan fingerprint density at radius 2 is 1.70 bits per heavy atom. The molecular formula is C28H25Cl3F6N2O3S. The van der Waals surface area contributed by atoms with E-state index in [-0.39, 0.29) is 49.8 Å². The molecule has 2 aliphatic carbocycles. The topological polar surface area (TPSA) is 67.8 Å². The van der Waals surface area contributed by atoms with Crippen LogP contribution in [0.1, 0.15) is 82.6 Å². The number of halogens is 9. The molecule has 5 nitrogen and oxygen atoms in total. The zero-order chi connectivity index (χ0) is 31.3. The van der Waals surface area contributed by atoms with Gasteiger partial charge < -0.3 is 10.2 Å². The van der Waals surface area contributed by atoms with Crippen molar-refractivity contribution >= 4 is 63.5 Å². The number of hydrogen-bond donors (Lipinski definition) is 1. The Balaban J connectivity index is 1.38. The van der Waals surface area contributed by atoms with Crippen LogP contribution in [0.3, 0.4) is 0 Å². The first-order valence-electron chi connectivity index (χ1n) is 13.6. The first-order chi connectivity index (χ1) is 20.1. The highest BCUT2D eigenvalue weighted by atomic mass is 35.5. The average Bonchev–Trinajstić information content (AvgIpc) is 3.63. The lowest BCUT2D eigenvalue weighted by Crippen LogP contribution is -2.42. The smallest absolute Gasteiger partial charge is 0.374 e. The molecule has 1 aromatic carbocycles. The van der Waals surface area contributed by atoms with Crippen molar-refractivity contribution in [1.82, 2.24) is 5.32 Å². The summed E-state index contributed by atoms with van der Waals surface area (Å²) in [7, 11) is 0. The van der Waals surface area contributed by atoms with Crippen LogP contribution in [0.5, 0.6) is 0 Å². The number of ketones is 1. The average molecular weight is 690 g/mol. The third kappa shape index (κ3) is 6.39. The fourth-order valence-electron chi connectivity index (χ4n) is 6.00. The van der Waals surface area contributed by atoms with Crippen LogP contribution in [0.15, 0.2) is 17.3 Å². The van der Waals surface area contributed by atoms with Crippen LogP contribution in [0.25, 0.3) is 0 Å². The van der Waals surface area contributed by atoms with Crippen LogP contribution in [-0.4, -0.2) is 35.8 Å². The second-order valence-corrected chi connectivity index (χ2v) is 13.2. The van der Waals surface area contributed by atoms with Gasteiger partial charge in [0.2, 0.25) is 0 Å². The van der Waals surface area contributed by atoms with E-state index in [2.05, 4.69) is 10.5 Å². The van der Waals surface area contributed by atoms with Gasteiger partial charge in [-0.2, -0.15) is 26.3 Å². The molecule has 0 spiro atoms. The number of amides is 1. The van der Waals surface area contributed by atoms with Crippen molar-refractivity contribution in [2.45, 2.75) is 88.2 Å². The number of fused-ring (bicyclic) bond motifs is 1. The van der Waals surface area contributed by atoms with E-state index in [1.165, 1.54) is 0 Å². The molecule has 5 rings (SSSR count). The molecule has 1 aliphatic heterocycles. The quantitative estimate of drug-likeness (QED) is 0.233. The minimum Gasteiger partial charge on any atom is -0.374 e. The molecule has 43 heavy (non-hydrogen) atoms. The van der Waals surface area contributed by atoms with Gasteiger partial charge in [0.15, 0.2) is 5.78 Å². The summed E-state index contributed by atoms with van der Waals surface area (Å²) < 4.78 is 81.3. The Labute approximate surface area is 261 Å². The van der Waals surface area contributed by atoms with E-state index < -0.39 is 48.7 Å². The molecule has 2 aromatic rings. The normalized spacial score (nSPS) is 24.1. The van der Waals surface area contributed by atoms with Crippen LogP contribution < -0.4 is 5.32 Å². The van der Waals surface area contributed by atoms with Crippen molar-refractivity contribution in [3.05, 3.63) is 53.6 Å². The monoisotopic (exact) mass is 688 g/mol. The highest BCUT2D eigenvalue weighted by Crippen LogP contribution is 2.52. The van der Waals surface area contributed by atoms with E-state index in [4.69, 9.17) is 39.6 Å². The van der Waals surface area contributed by atoms with Crippen LogP contribution in [0, 0.1) is 5.92 Å². The summed E-state index contributed by atoms with van der Waals surface area (Å²) >= 11 is 19.0. The van der Waals surface area contributed by atoms with E-state index in [1.54, 1.807) is 0 Å². The summed E-state index contributed by atoms with van der Waals surface area (Å²) in [5.74, 6) is -1.40. The maximum absolute atomic E-state index is 14.6. The first-order valence-corrected chi connectivity index (χ1v) is 15.6. The van der Waals surface area contributed by atoms with Crippen molar-refractivity contribution in [3.63, 3.8) is 0 Å². The largest absolute Gasteiger partial charge is 0.435 e. The van der Waals surface area contributed by atoms with Crippen molar-refractivity contribution in [1.29, 1.82) is 0 Å². The predicted molar refractivity (Wildman–Crippen MR) is 151 cm³/mol. The standard InChI is InChI=1S/C28H25Cl3F6N2O3S/c29-17-10-14(11-18(30)21(17)31)26(28(35,36)37)12-20(39-42-26)23-15-5-1-2-6-16(15)24(43-23)25(41)38-19-8-7-13(22(19)40)4-3-9-27(32,33)34/h10-11,13,19H,1-9,12H2,(H,38,41). The summed E-state index contributed by atoms with van der Waals surface area (Å²) in [5.41, 5.74) is -1.82. The summed E-state index contributed by atoms with van der Waals surface area (Å²) in [6.07, 6.45) is -7.70. The van der Waals surface area contributed by atoms with Gasteiger partial charge in [0.1, 0.15) is 5.71 Å². The minimum absolute atomic E-state index is 0.0170. The predicted octanol–water partition coefficient (Wildman–Crippen LogP) is 8.98. The molecule has 1 amide bonds. The molecule has 15 heteroatoms. The zero-order valence-electron chi connectivity index (χ0n) is 22.4. The second kappa shape index (κ2) is 12.1. The second-order valence-electron chi connectivity index (χ2n) is 11.0. The van der Waals surface area contributed by atoms with Gasteiger partial charge in [-0.1, -0.05) is 40.0 Å². The van der Waals surface area contributed by atoms with Gasteiger partial charge in [-0.05, 0) is 74.6 Å². The number of thiophene rings is 1. The zero-order valence-corrected chi connectivity index (χ0v) is 25.4. The van der Waals surface area contributed by atoms with Gasteiger partial charge in [0.25, 0.3) is 11.5 Å². The van der Waals surface area contributed by atoms with Crippen molar-refractivity contribution in [3.8, 4) is 0 Å². The van der Waals surface area contributed by atoms with E-state index in [0.29, 0.717) is 36.1 Å². The molecule has 3 aliphatic rings. The van der Waals surface area contributed by atoms with Gasteiger partial charge in [0.05, 0.1) is 37.3 Å². The maximum atomic E-state index is 14.6. The Bertz CT molecular complexity index is 1450. The van der Waals surface area contributed by atoms with Gasteiger partial charge in [-0.25, -0.2) is 0 Å². The Morgan fingerprint density at radius 3 is 2.33 bits per heavy atom. The van der Waals surface area contributed by atoms with E-state index in [0.717, 1.165) is 41.9 Å². The fourth-order valence-corrected chi connectivity index (χ4v) is 7.88. The number of benzene rings is 1. The molecule has 234 valence electrons. The molecule has 1 N–H and O–H groups in total. The van der Waals surface area contributed by atoms with Crippen molar-refractivity contribution < 1.29 is 40.8 Å².